The van der Waals surface area contributed by atoms with Crippen LogP contribution in [-0.2, 0) is 0 Å². The predicted molar refractivity (Wildman–Crippen MR) is 59.0 cm³/mol. The van der Waals surface area contributed by atoms with E-state index in [0.29, 0.717) is 11.3 Å². The van der Waals surface area contributed by atoms with Crippen LogP contribution < -0.4 is 4.74 Å². The zero-order valence-corrected chi connectivity index (χ0v) is 10.1. The molecule has 0 spiro atoms. The van der Waals surface area contributed by atoms with Crippen LogP contribution in [-0.4, -0.2) is 16.6 Å². The SMILES string of the molecule is COc1cccc(C(=O)C(Br)Br)c1. The third-order valence-electron chi connectivity index (χ3n) is 1.55. The molecule has 0 radical (unpaired) electrons. The van der Waals surface area contributed by atoms with Gasteiger partial charge in [-0.05, 0) is 12.1 Å². The fourth-order valence-corrected chi connectivity index (χ4v) is 1.43. The lowest BCUT2D eigenvalue weighted by molar-refractivity contribution is 0.101. The summed E-state index contributed by atoms with van der Waals surface area (Å²) in [5.74, 6) is 0.672. The van der Waals surface area contributed by atoms with Gasteiger partial charge < -0.3 is 4.74 Å². The number of ketones is 1. The molecular weight excluding hydrogens is 300 g/mol. The summed E-state index contributed by atoms with van der Waals surface area (Å²) in [6, 6.07) is 7.04. The quantitative estimate of drug-likeness (QED) is 0.634. The van der Waals surface area contributed by atoms with Crippen LogP contribution in [0.5, 0.6) is 5.75 Å². The minimum atomic E-state index is -0.341. The largest absolute Gasteiger partial charge is 0.497 e. The van der Waals surface area contributed by atoms with E-state index in [0.717, 1.165) is 0 Å². The van der Waals surface area contributed by atoms with Gasteiger partial charge in [0.05, 0.1) is 7.11 Å². The van der Waals surface area contributed by atoms with Crippen molar-refractivity contribution in [2.24, 2.45) is 0 Å². The maximum Gasteiger partial charge on any atom is 0.187 e. The van der Waals surface area contributed by atoms with Gasteiger partial charge in [-0.1, -0.05) is 44.0 Å². The smallest absolute Gasteiger partial charge is 0.187 e. The monoisotopic (exact) mass is 306 g/mol. The van der Waals surface area contributed by atoms with Crippen molar-refractivity contribution in [1.29, 1.82) is 0 Å². The summed E-state index contributed by atoms with van der Waals surface area (Å²) in [6.07, 6.45) is 0. The van der Waals surface area contributed by atoms with Gasteiger partial charge in [0.1, 0.15) is 9.49 Å². The fourth-order valence-electron chi connectivity index (χ4n) is 0.902. The first-order valence-corrected chi connectivity index (χ1v) is 5.44. The lowest BCUT2D eigenvalue weighted by Crippen LogP contribution is -2.06. The highest BCUT2D eigenvalue weighted by Crippen LogP contribution is 2.19. The summed E-state index contributed by atoms with van der Waals surface area (Å²) < 4.78 is 4.66. The highest BCUT2D eigenvalue weighted by atomic mass is 79.9. The Morgan fingerprint density at radius 1 is 1.46 bits per heavy atom. The second-order valence-corrected chi connectivity index (χ2v) is 5.46. The number of carbonyl (C=O) groups excluding carboxylic acids is 1. The van der Waals surface area contributed by atoms with E-state index in [-0.39, 0.29) is 9.52 Å². The summed E-state index contributed by atoms with van der Waals surface area (Å²) in [5.41, 5.74) is 0.623. The van der Waals surface area contributed by atoms with Crippen molar-refractivity contribution in [2.45, 2.75) is 3.74 Å². The van der Waals surface area contributed by atoms with Crippen LogP contribution in [0.2, 0.25) is 0 Å². The molecule has 1 rings (SSSR count). The number of ether oxygens (including phenoxy) is 1. The lowest BCUT2D eigenvalue weighted by atomic mass is 10.1. The number of benzene rings is 1. The Morgan fingerprint density at radius 2 is 2.15 bits per heavy atom. The summed E-state index contributed by atoms with van der Waals surface area (Å²) in [6.45, 7) is 0. The van der Waals surface area contributed by atoms with Gasteiger partial charge in [-0.15, -0.1) is 0 Å². The molecule has 2 nitrogen and oxygen atoms in total. The second-order valence-electron chi connectivity index (χ2n) is 2.40. The first-order valence-electron chi connectivity index (χ1n) is 3.61. The van der Waals surface area contributed by atoms with Gasteiger partial charge in [0.15, 0.2) is 5.78 Å². The molecule has 0 amide bonds. The Balaban J connectivity index is 2.95. The Hall–Kier alpha value is -0.350. The molecule has 4 heteroatoms. The van der Waals surface area contributed by atoms with Crippen LogP contribution in [0, 0.1) is 0 Å². The maximum atomic E-state index is 11.5. The number of halogens is 2. The van der Waals surface area contributed by atoms with Crippen molar-refractivity contribution in [3.05, 3.63) is 29.8 Å². The first kappa shape index (κ1) is 10.7. The van der Waals surface area contributed by atoms with E-state index in [1.54, 1.807) is 31.4 Å². The van der Waals surface area contributed by atoms with E-state index in [2.05, 4.69) is 31.9 Å². The number of carbonyl (C=O) groups is 1. The van der Waals surface area contributed by atoms with Crippen LogP contribution >= 0.6 is 31.9 Å². The maximum absolute atomic E-state index is 11.5. The molecule has 0 heterocycles. The predicted octanol–water partition coefficient (Wildman–Crippen LogP) is 2.99. The van der Waals surface area contributed by atoms with Crippen molar-refractivity contribution >= 4 is 37.6 Å². The second kappa shape index (κ2) is 4.77. The van der Waals surface area contributed by atoms with Gasteiger partial charge in [-0.25, -0.2) is 0 Å². The molecule has 0 aliphatic heterocycles. The molecule has 0 atom stereocenters. The minimum Gasteiger partial charge on any atom is -0.497 e. The molecule has 0 N–H and O–H groups in total. The molecule has 0 aliphatic carbocycles. The molecule has 0 aromatic heterocycles. The summed E-state index contributed by atoms with van der Waals surface area (Å²) >= 11 is 6.30. The fraction of sp³-hybridized carbons (Fsp3) is 0.222. The van der Waals surface area contributed by atoms with Crippen LogP contribution in [0.25, 0.3) is 0 Å². The van der Waals surface area contributed by atoms with Crippen LogP contribution in [0.4, 0.5) is 0 Å². The van der Waals surface area contributed by atoms with Gasteiger partial charge >= 0.3 is 0 Å². The van der Waals surface area contributed by atoms with Gasteiger partial charge in [-0.2, -0.15) is 0 Å². The Bertz CT molecular complexity index is 310. The third kappa shape index (κ3) is 2.81. The average molecular weight is 308 g/mol. The summed E-state index contributed by atoms with van der Waals surface area (Å²) in [7, 11) is 1.57. The van der Waals surface area contributed by atoms with Crippen molar-refractivity contribution in [1.82, 2.24) is 0 Å². The molecule has 0 saturated heterocycles. The van der Waals surface area contributed by atoms with Crippen LogP contribution in [0.15, 0.2) is 24.3 Å². The normalized spacial score (nSPS) is 10.2. The number of hydrogen-bond acceptors (Lipinski definition) is 2. The van der Waals surface area contributed by atoms with Crippen molar-refractivity contribution in [3.63, 3.8) is 0 Å². The Labute approximate surface area is 93.5 Å². The third-order valence-corrected chi connectivity index (χ3v) is 2.38. The van der Waals surface area contributed by atoms with E-state index in [1.165, 1.54) is 0 Å². The zero-order valence-electron chi connectivity index (χ0n) is 6.96. The first-order chi connectivity index (χ1) is 6.15. The molecule has 1 aromatic rings. The van der Waals surface area contributed by atoms with E-state index in [9.17, 15) is 4.79 Å². The molecule has 0 unspecified atom stereocenters. The molecule has 1 aromatic carbocycles. The molecule has 0 saturated carbocycles. The van der Waals surface area contributed by atoms with Gasteiger partial charge in [-0.3, -0.25) is 4.79 Å². The van der Waals surface area contributed by atoms with E-state index in [1.807, 2.05) is 0 Å². The minimum absolute atomic E-state index is 0.0149. The van der Waals surface area contributed by atoms with Crippen molar-refractivity contribution in [3.8, 4) is 5.75 Å². The number of rotatable bonds is 3. The number of hydrogen-bond donors (Lipinski definition) is 0. The summed E-state index contributed by atoms with van der Waals surface area (Å²) in [5, 5.41) is 0. The van der Waals surface area contributed by atoms with Gasteiger partial charge in [0.2, 0.25) is 0 Å². The van der Waals surface area contributed by atoms with Crippen LogP contribution in [0.3, 0.4) is 0 Å². The molecule has 70 valence electrons. The number of Topliss-reactive ketones (excluding diaryl/α,β-unsaturated/α-hetero) is 1. The zero-order chi connectivity index (χ0) is 9.84. The topological polar surface area (TPSA) is 26.3 Å². The molecule has 0 bridgehead atoms. The molecule has 0 fully saturated rings. The highest BCUT2D eigenvalue weighted by Gasteiger charge is 2.13. The van der Waals surface area contributed by atoms with E-state index >= 15 is 0 Å². The highest BCUT2D eigenvalue weighted by molar-refractivity contribution is 9.25. The Kier molecular flexibility index (Phi) is 3.93. The van der Waals surface area contributed by atoms with Gasteiger partial charge in [0, 0.05) is 5.56 Å². The average Bonchev–Trinajstić information content (AvgIpc) is 2.16. The standard InChI is InChI=1S/C9H8Br2O2/c1-13-7-4-2-3-6(5-7)8(12)9(10)11/h2-5,9H,1H3. The van der Waals surface area contributed by atoms with E-state index in [4.69, 9.17) is 4.74 Å². The number of alkyl halides is 2. The molecule has 13 heavy (non-hydrogen) atoms. The number of methoxy groups -OCH3 is 1. The van der Waals surface area contributed by atoms with Crippen LogP contribution in [0.1, 0.15) is 10.4 Å². The van der Waals surface area contributed by atoms with Crippen molar-refractivity contribution in [2.75, 3.05) is 7.11 Å². The lowest BCUT2D eigenvalue weighted by Gasteiger charge is -2.03. The summed E-state index contributed by atoms with van der Waals surface area (Å²) in [4.78, 5) is 11.5. The van der Waals surface area contributed by atoms with E-state index < -0.39 is 0 Å². The van der Waals surface area contributed by atoms with Gasteiger partial charge in [0.25, 0.3) is 0 Å². The molecule has 0 aliphatic rings. The molecular formula is C9H8Br2O2. The van der Waals surface area contributed by atoms with Crippen molar-refractivity contribution < 1.29 is 9.53 Å². The Morgan fingerprint density at radius 3 is 2.69 bits per heavy atom.